The van der Waals surface area contributed by atoms with Gasteiger partial charge in [-0.3, -0.25) is 9.58 Å². The smallest absolute Gasteiger partial charge is 0.0540 e. The zero-order valence-corrected chi connectivity index (χ0v) is 12.5. The van der Waals surface area contributed by atoms with Crippen LogP contribution in [0.5, 0.6) is 0 Å². The van der Waals surface area contributed by atoms with E-state index in [0.29, 0.717) is 6.54 Å². The first-order valence-electron chi connectivity index (χ1n) is 7.24. The van der Waals surface area contributed by atoms with Crippen LogP contribution in [0, 0.1) is 6.92 Å². The Balaban J connectivity index is 1.94. The summed E-state index contributed by atoms with van der Waals surface area (Å²) in [5, 5.41) is 4.33. The van der Waals surface area contributed by atoms with Gasteiger partial charge >= 0.3 is 0 Å². The van der Waals surface area contributed by atoms with Crippen molar-refractivity contribution in [2.75, 3.05) is 39.8 Å². The van der Waals surface area contributed by atoms with Gasteiger partial charge in [0, 0.05) is 37.9 Å². The molecular formula is C14H27N5. The fraction of sp³-hybridized carbons (Fsp3) is 0.786. The molecule has 1 atom stereocenters. The van der Waals surface area contributed by atoms with Gasteiger partial charge in [-0.1, -0.05) is 0 Å². The van der Waals surface area contributed by atoms with E-state index in [4.69, 9.17) is 5.73 Å². The molecule has 1 aromatic heterocycles. The average molecular weight is 265 g/mol. The van der Waals surface area contributed by atoms with Crippen LogP contribution in [0.25, 0.3) is 0 Å². The minimum Gasteiger partial charge on any atom is -0.329 e. The van der Waals surface area contributed by atoms with Crippen molar-refractivity contribution in [3.05, 3.63) is 17.5 Å². The van der Waals surface area contributed by atoms with Gasteiger partial charge in [-0.2, -0.15) is 5.10 Å². The molecule has 0 spiro atoms. The normalized spacial score (nSPS) is 18.4. The number of nitrogens with two attached hydrogens (primary N) is 1. The largest absolute Gasteiger partial charge is 0.329 e. The molecule has 19 heavy (non-hydrogen) atoms. The zero-order valence-electron chi connectivity index (χ0n) is 12.5. The number of aromatic nitrogens is 2. The van der Waals surface area contributed by atoms with Gasteiger partial charge in [-0.15, -0.1) is 0 Å². The van der Waals surface area contributed by atoms with Crippen molar-refractivity contribution in [2.24, 2.45) is 12.8 Å². The molecule has 1 fully saturated rings. The Hall–Kier alpha value is -0.910. The first-order valence-corrected chi connectivity index (χ1v) is 7.24. The molecule has 0 radical (unpaired) electrons. The number of likely N-dealkylation sites (tertiary alicyclic amines) is 1. The monoisotopic (exact) mass is 265 g/mol. The van der Waals surface area contributed by atoms with E-state index in [0.717, 1.165) is 13.1 Å². The van der Waals surface area contributed by atoms with Gasteiger partial charge in [0.15, 0.2) is 0 Å². The highest BCUT2D eigenvalue weighted by atomic mass is 15.3. The summed E-state index contributed by atoms with van der Waals surface area (Å²) in [5.74, 6) is 0. The summed E-state index contributed by atoms with van der Waals surface area (Å²) in [6.45, 7) is 7.48. The van der Waals surface area contributed by atoms with E-state index < -0.39 is 0 Å². The maximum absolute atomic E-state index is 5.98. The molecule has 5 nitrogen and oxygen atoms in total. The Morgan fingerprint density at radius 2 is 2.11 bits per heavy atom. The van der Waals surface area contributed by atoms with Gasteiger partial charge in [-0.05, 0) is 39.9 Å². The molecule has 1 aliphatic rings. The second-order valence-electron chi connectivity index (χ2n) is 5.59. The lowest BCUT2D eigenvalue weighted by Crippen LogP contribution is -2.36. The number of hydrogen-bond donors (Lipinski definition) is 1. The second kappa shape index (κ2) is 6.50. The molecule has 0 amide bonds. The lowest BCUT2D eigenvalue weighted by molar-refractivity contribution is 0.209. The van der Waals surface area contributed by atoms with Crippen molar-refractivity contribution in [3.8, 4) is 0 Å². The zero-order chi connectivity index (χ0) is 13.8. The van der Waals surface area contributed by atoms with E-state index in [1.54, 1.807) is 0 Å². The standard InChI is InChI=1S/C14H27N5/c1-12-13(11-16-18(12)3)14(10-15)17(2)8-9-19-6-4-5-7-19/h11,14H,4-10,15H2,1-3H3. The van der Waals surface area contributed by atoms with E-state index in [9.17, 15) is 0 Å². The van der Waals surface area contributed by atoms with Gasteiger partial charge in [0.1, 0.15) is 0 Å². The fourth-order valence-electron chi connectivity index (χ4n) is 2.85. The third-order valence-corrected chi connectivity index (χ3v) is 4.36. The molecule has 0 saturated carbocycles. The quantitative estimate of drug-likeness (QED) is 0.825. The molecular weight excluding hydrogens is 238 g/mol. The number of aryl methyl sites for hydroxylation is 1. The summed E-state index contributed by atoms with van der Waals surface area (Å²) in [7, 11) is 4.15. The molecule has 2 rings (SSSR count). The number of likely N-dealkylation sites (N-methyl/N-ethyl adjacent to an activating group) is 1. The Morgan fingerprint density at radius 3 is 2.63 bits per heavy atom. The predicted octanol–water partition coefficient (Wildman–Crippen LogP) is 0.756. The molecule has 0 aromatic carbocycles. The van der Waals surface area contributed by atoms with E-state index in [2.05, 4.69) is 28.9 Å². The summed E-state index contributed by atoms with van der Waals surface area (Å²) in [6.07, 6.45) is 4.66. The third kappa shape index (κ3) is 3.35. The molecule has 1 unspecified atom stereocenters. The van der Waals surface area contributed by atoms with Gasteiger partial charge in [0.05, 0.1) is 12.2 Å². The van der Waals surface area contributed by atoms with Crippen molar-refractivity contribution >= 4 is 0 Å². The molecule has 1 aromatic rings. The van der Waals surface area contributed by atoms with E-state index >= 15 is 0 Å². The highest BCUT2D eigenvalue weighted by molar-refractivity contribution is 5.21. The Kier molecular flexibility index (Phi) is 4.96. The summed E-state index contributed by atoms with van der Waals surface area (Å²) in [4.78, 5) is 4.91. The van der Waals surface area contributed by atoms with Crippen LogP contribution in [0.1, 0.15) is 30.1 Å². The summed E-state index contributed by atoms with van der Waals surface area (Å²) in [5.41, 5.74) is 8.45. The molecule has 0 bridgehead atoms. The van der Waals surface area contributed by atoms with Gasteiger partial charge < -0.3 is 10.6 Å². The molecule has 0 aliphatic carbocycles. The lowest BCUT2D eigenvalue weighted by atomic mass is 10.1. The van der Waals surface area contributed by atoms with E-state index in [1.807, 2.05) is 17.9 Å². The first-order chi connectivity index (χ1) is 9.13. The Morgan fingerprint density at radius 1 is 1.42 bits per heavy atom. The molecule has 2 N–H and O–H groups in total. The van der Waals surface area contributed by atoms with Crippen LogP contribution in [-0.4, -0.2) is 59.4 Å². The van der Waals surface area contributed by atoms with E-state index in [-0.39, 0.29) is 6.04 Å². The minimum absolute atomic E-state index is 0.274. The van der Waals surface area contributed by atoms with Crippen LogP contribution in [0.15, 0.2) is 6.20 Å². The number of nitrogens with zero attached hydrogens (tertiary/aromatic N) is 4. The van der Waals surface area contributed by atoms with Crippen molar-refractivity contribution in [2.45, 2.75) is 25.8 Å². The molecule has 2 heterocycles. The summed E-state index contributed by atoms with van der Waals surface area (Å²) < 4.78 is 1.92. The highest BCUT2D eigenvalue weighted by Gasteiger charge is 2.20. The predicted molar refractivity (Wildman–Crippen MR) is 78.0 cm³/mol. The van der Waals surface area contributed by atoms with Crippen molar-refractivity contribution in [1.29, 1.82) is 0 Å². The van der Waals surface area contributed by atoms with Gasteiger partial charge in [-0.25, -0.2) is 0 Å². The topological polar surface area (TPSA) is 50.3 Å². The molecule has 5 heteroatoms. The third-order valence-electron chi connectivity index (χ3n) is 4.36. The minimum atomic E-state index is 0.274. The maximum atomic E-state index is 5.98. The first kappa shape index (κ1) is 14.5. The highest BCUT2D eigenvalue weighted by Crippen LogP contribution is 2.21. The van der Waals surface area contributed by atoms with Crippen LogP contribution >= 0.6 is 0 Å². The number of hydrogen-bond acceptors (Lipinski definition) is 4. The van der Waals surface area contributed by atoms with Crippen LogP contribution in [0.3, 0.4) is 0 Å². The van der Waals surface area contributed by atoms with Crippen LogP contribution < -0.4 is 5.73 Å². The Bertz CT molecular complexity index is 395. The average Bonchev–Trinajstić information content (AvgIpc) is 3.02. The molecule has 1 aliphatic heterocycles. The number of rotatable bonds is 6. The van der Waals surface area contributed by atoms with Crippen LogP contribution in [0.4, 0.5) is 0 Å². The lowest BCUT2D eigenvalue weighted by Gasteiger charge is -2.28. The maximum Gasteiger partial charge on any atom is 0.0540 e. The van der Waals surface area contributed by atoms with E-state index in [1.165, 1.54) is 37.2 Å². The van der Waals surface area contributed by atoms with Crippen molar-refractivity contribution < 1.29 is 0 Å². The second-order valence-corrected chi connectivity index (χ2v) is 5.59. The van der Waals surface area contributed by atoms with Gasteiger partial charge in [0.2, 0.25) is 0 Å². The summed E-state index contributed by atoms with van der Waals surface area (Å²) >= 11 is 0. The van der Waals surface area contributed by atoms with Crippen LogP contribution in [-0.2, 0) is 7.05 Å². The summed E-state index contributed by atoms with van der Waals surface area (Å²) in [6, 6.07) is 0.274. The SMILES string of the molecule is Cc1c(C(CN)N(C)CCN2CCCC2)cnn1C. The van der Waals surface area contributed by atoms with Crippen molar-refractivity contribution in [1.82, 2.24) is 19.6 Å². The van der Waals surface area contributed by atoms with Gasteiger partial charge in [0.25, 0.3) is 0 Å². The van der Waals surface area contributed by atoms with Crippen molar-refractivity contribution in [3.63, 3.8) is 0 Å². The molecule has 108 valence electrons. The van der Waals surface area contributed by atoms with Crippen LogP contribution in [0.2, 0.25) is 0 Å². The fourth-order valence-corrected chi connectivity index (χ4v) is 2.85. The Labute approximate surface area is 116 Å². The molecule has 1 saturated heterocycles.